The Balaban J connectivity index is 4.42. The summed E-state index contributed by atoms with van der Waals surface area (Å²) in [5.74, 6) is -3.34. The van der Waals surface area contributed by atoms with Gasteiger partial charge in [0, 0.05) is 19.3 Å². The van der Waals surface area contributed by atoms with Crippen molar-refractivity contribution in [3.8, 4) is 0 Å². The molecule has 7 heteroatoms. The minimum absolute atomic E-state index is 0.194. The first-order chi connectivity index (χ1) is 19.7. The maximum absolute atomic E-state index is 12.3. The van der Waals surface area contributed by atoms with E-state index in [1.807, 2.05) is 0 Å². The molecule has 0 aliphatic carbocycles. The Kier molecular flexibility index (Phi) is 23.5. The van der Waals surface area contributed by atoms with Crippen LogP contribution in [0, 0.1) is 0 Å². The van der Waals surface area contributed by atoms with Gasteiger partial charge in [0.1, 0.15) is 0 Å². The van der Waals surface area contributed by atoms with Crippen molar-refractivity contribution in [2.45, 2.75) is 181 Å². The van der Waals surface area contributed by atoms with Crippen LogP contribution in [0.15, 0.2) is 12.2 Å². The second kappa shape index (κ2) is 24.7. The summed E-state index contributed by atoms with van der Waals surface area (Å²) in [6.07, 6.45) is 26.9. The van der Waals surface area contributed by atoms with Crippen molar-refractivity contribution >= 4 is 17.9 Å². The number of unbranched alkanes of at least 4 members (excludes halogenated alkanes) is 16. The van der Waals surface area contributed by atoms with Crippen LogP contribution in [-0.4, -0.2) is 62.4 Å². The van der Waals surface area contributed by atoms with E-state index < -0.39 is 40.5 Å². The fraction of sp³-hybridized carbons (Fsp3) is 0.853. The van der Waals surface area contributed by atoms with Gasteiger partial charge in [-0.15, -0.1) is 0 Å². The topological polar surface area (TPSA) is 112 Å². The zero-order chi connectivity index (χ0) is 30.9. The largest absolute Gasteiger partial charge is 0.477 e. The molecule has 0 aromatic rings. The predicted octanol–water partition coefficient (Wildman–Crippen LogP) is 8.99. The molecule has 0 aromatic heterocycles. The number of rotatable bonds is 29. The number of aliphatic carboxylic acids is 3. The van der Waals surface area contributed by atoms with Crippen LogP contribution in [0.3, 0.4) is 0 Å². The number of carbonyl (C=O) groups is 3. The molecule has 0 aliphatic heterocycles. The van der Waals surface area contributed by atoms with E-state index in [-0.39, 0.29) is 25.8 Å². The number of hydrogen-bond donors (Lipinski definition) is 3. The van der Waals surface area contributed by atoms with Crippen molar-refractivity contribution in [2.75, 3.05) is 6.54 Å². The lowest BCUT2D eigenvalue weighted by atomic mass is 9.93. The van der Waals surface area contributed by atoms with E-state index in [2.05, 4.69) is 19.1 Å². The number of quaternary nitrogens is 1. The van der Waals surface area contributed by atoms with Crippen molar-refractivity contribution in [3.63, 3.8) is 0 Å². The van der Waals surface area contributed by atoms with Crippen molar-refractivity contribution in [1.29, 1.82) is 0 Å². The van der Waals surface area contributed by atoms with Gasteiger partial charge in [0.05, 0.1) is 6.54 Å². The zero-order valence-electron chi connectivity index (χ0n) is 27.0. The summed E-state index contributed by atoms with van der Waals surface area (Å²) < 4.78 is -0.404. The van der Waals surface area contributed by atoms with E-state index in [1.165, 1.54) is 89.9 Å². The van der Waals surface area contributed by atoms with E-state index in [0.717, 1.165) is 19.3 Å². The van der Waals surface area contributed by atoms with Crippen LogP contribution in [0.4, 0.5) is 0 Å². The molecule has 7 nitrogen and oxygen atoms in total. The van der Waals surface area contributed by atoms with Gasteiger partial charge in [-0.05, 0) is 38.5 Å². The summed E-state index contributed by atoms with van der Waals surface area (Å²) >= 11 is 0. The van der Waals surface area contributed by atoms with Crippen molar-refractivity contribution in [3.05, 3.63) is 12.2 Å². The molecule has 0 bridgehead atoms. The summed E-state index contributed by atoms with van der Waals surface area (Å²) in [5, 5.41) is 30.1. The number of hydrogen-bond acceptors (Lipinski definition) is 3. The van der Waals surface area contributed by atoms with Gasteiger partial charge in [0.25, 0.3) is 0 Å². The Morgan fingerprint density at radius 3 is 1.07 bits per heavy atom. The summed E-state index contributed by atoms with van der Waals surface area (Å²) in [6.45, 7) is 7.65. The Morgan fingerprint density at radius 1 is 0.488 bits per heavy atom. The Bertz CT molecular complexity index is 667. The third-order valence-corrected chi connectivity index (χ3v) is 8.81. The SMILES string of the molecule is CCCCCC/C=C/CCCCCCCCCCCCCC[N+](C(CC)C(=O)O)(C(CC)C(=O)O)C(CC)C(=O)O. The van der Waals surface area contributed by atoms with Crippen LogP contribution in [-0.2, 0) is 14.4 Å². The van der Waals surface area contributed by atoms with E-state index in [0.29, 0.717) is 6.42 Å². The van der Waals surface area contributed by atoms with Gasteiger partial charge in [-0.2, -0.15) is 0 Å². The second-order valence-electron chi connectivity index (χ2n) is 11.9. The molecule has 3 N–H and O–H groups in total. The highest BCUT2D eigenvalue weighted by Crippen LogP contribution is 2.32. The molecule has 3 atom stereocenters. The smallest absolute Gasteiger partial charge is 0.362 e. The Morgan fingerprint density at radius 2 is 0.780 bits per heavy atom. The van der Waals surface area contributed by atoms with Gasteiger partial charge >= 0.3 is 17.9 Å². The minimum atomic E-state index is -1.11. The van der Waals surface area contributed by atoms with Crippen LogP contribution < -0.4 is 0 Å². The van der Waals surface area contributed by atoms with Gasteiger partial charge in [-0.25, -0.2) is 14.4 Å². The monoisotopic (exact) mass is 582 g/mol. The van der Waals surface area contributed by atoms with Crippen LogP contribution in [0.2, 0.25) is 0 Å². The number of carboxylic acids is 3. The summed E-state index contributed by atoms with van der Waals surface area (Å²) in [7, 11) is 0. The maximum Gasteiger partial charge on any atom is 0.362 e. The predicted molar refractivity (Wildman–Crippen MR) is 168 cm³/mol. The van der Waals surface area contributed by atoms with E-state index >= 15 is 0 Å². The molecule has 0 aromatic carbocycles. The molecule has 0 amide bonds. The van der Waals surface area contributed by atoms with Crippen LogP contribution >= 0.6 is 0 Å². The molecular formula is C34H64NO6+. The molecule has 3 unspecified atom stereocenters. The molecule has 0 aliphatic rings. The highest BCUT2D eigenvalue weighted by Gasteiger charge is 2.55. The normalized spacial score (nSPS) is 15.4. The fourth-order valence-electron chi connectivity index (χ4n) is 6.62. The first-order valence-electron chi connectivity index (χ1n) is 16.9. The fourth-order valence-corrected chi connectivity index (χ4v) is 6.62. The standard InChI is InChI=1S/C34H63NO6/c1-5-9-10-11-12-13-14-15-16-17-18-19-20-21-22-23-24-25-26-27-28-35(29(6-2)32(36)37,30(7-3)33(38)39)31(8-4)34(40)41/h13-14,29-31H,5-12,15-28H2,1-4H3,(H2-,36,37,38,39,40,41)/p+1/b14-13+. The van der Waals surface area contributed by atoms with Gasteiger partial charge in [0.2, 0.25) is 0 Å². The number of allylic oxidation sites excluding steroid dienone is 2. The average Bonchev–Trinajstić information content (AvgIpc) is 2.92. The lowest BCUT2D eigenvalue weighted by Gasteiger charge is -2.49. The average molecular weight is 583 g/mol. The molecule has 0 spiro atoms. The highest BCUT2D eigenvalue weighted by atomic mass is 16.4. The lowest BCUT2D eigenvalue weighted by molar-refractivity contribution is -0.973. The maximum atomic E-state index is 12.3. The first kappa shape index (κ1) is 39.1. The van der Waals surface area contributed by atoms with E-state index in [1.54, 1.807) is 20.8 Å². The molecule has 0 heterocycles. The third-order valence-electron chi connectivity index (χ3n) is 8.81. The highest BCUT2D eigenvalue weighted by molar-refractivity contribution is 5.78. The molecule has 0 radical (unpaired) electrons. The van der Waals surface area contributed by atoms with Crippen LogP contribution in [0.25, 0.3) is 0 Å². The lowest BCUT2D eigenvalue weighted by Crippen LogP contribution is -2.72. The quantitative estimate of drug-likeness (QED) is 0.0461. The molecule has 0 saturated carbocycles. The molecule has 0 rings (SSSR count). The number of nitrogens with zero attached hydrogens (tertiary/aromatic N) is 1. The third kappa shape index (κ3) is 15.2. The minimum Gasteiger partial charge on any atom is -0.477 e. The Labute approximate surface area is 251 Å². The first-order valence-corrected chi connectivity index (χ1v) is 16.9. The van der Waals surface area contributed by atoms with Gasteiger partial charge in [-0.3, -0.25) is 4.48 Å². The molecule has 0 saturated heterocycles. The van der Waals surface area contributed by atoms with E-state index in [4.69, 9.17) is 0 Å². The van der Waals surface area contributed by atoms with Gasteiger partial charge in [0.15, 0.2) is 18.1 Å². The zero-order valence-corrected chi connectivity index (χ0v) is 27.0. The number of carboxylic acid groups (broad SMARTS) is 3. The summed E-state index contributed by atoms with van der Waals surface area (Å²) in [4.78, 5) is 36.8. The van der Waals surface area contributed by atoms with Gasteiger partial charge < -0.3 is 15.3 Å². The summed E-state index contributed by atoms with van der Waals surface area (Å²) in [6, 6.07) is -3.18. The van der Waals surface area contributed by atoms with Gasteiger partial charge in [-0.1, -0.05) is 117 Å². The Hall–Kier alpha value is -1.89. The summed E-state index contributed by atoms with van der Waals surface area (Å²) in [5.41, 5.74) is 0. The molecule has 41 heavy (non-hydrogen) atoms. The van der Waals surface area contributed by atoms with Crippen LogP contribution in [0.1, 0.15) is 163 Å². The van der Waals surface area contributed by atoms with Crippen molar-refractivity contribution in [1.82, 2.24) is 0 Å². The molecular weight excluding hydrogens is 518 g/mol. The van der Waals surface area contributed by atoms with E-state index in [9.17, 15) is 29.7 Å². The van der Waals surface area contributed by atoms with Crippen molar-refractivity contribution < 1.29 is 34.2 Å². The molecule has 240 valence electrons. The van der Waals surface area contributed by atoms with Crippen LogP contribution in [0.5, 0.6) is 0 Å². The molecule has 0 fully saturated rings. The second-order valence-corrected chi connectivity index (χ2v) is 11.9. The van der Waals surface area contributed by atoms with Crippen molar-refractivity contribution in [2.24, 2.45) is 0 Å².